The molecule has 3 aromatic carbocycles. The Morgan fingerprint density at radius 2 is 1.34 bits per heavy atom. The fraction of sp³-hybridized carbons (Fsp3) is 0.207. The van der Waals surface area contributed by atoms with Crippen molar-refractivity contribution in [3.63, 3.8) is 0 Å². The molecule has 1 atom stereocenters. The number of aromatic nitrogens is 2. The van der Waals surface area contributed by atoms with E-state index in [9.17, 15) is 9.59 Å². The van der Waals surface area contributed by atoms with Crippen LogP contribution < -0.4 is 9.47 Å². The van der Waals surface area contributed by atoms with E-state index in [2.05, 4.69) is 0 Å². The monoisotopic (exact) mass is 466 g/mol. The van der Waals surface area contributed by atoms with Crippen LogP contribution in [0.1, 0.15) is 44.6 Å². The van der Waals surface area contributed by atoms with Crippen molar-refractivity contribution in [2.75, 3.05) is 14.2 Å². The summed E-state index contributed by atoms with van der Waals surface area (Å²) in [6.07, 6.45) is 0. The Morgan fingerprint density at radius 1 is 0.829 bits per heavy atom. The summed E-state index contributed by atoms with van der Waals surface area (Å²) in [5.41, 5.74) is 0.343. The number of Topliss-reactive ketones (excluding diaryl/α,β-unsaturated/α-hetero) is 2. The minimum Gasteiger partial charge on any atom is -0.497 e. The molecule has 35 heavy (non-hydrogen) atoms. The summed E-state index contributed by atoms with van der Waals surface area (Å²) in [5.74, 6) is 0.823. The molecule has 0 saturated heterocycles. The number of benzene rings is 3. The minimum atomic E-state index is -1.51. The summed E-state index contributed by atoms with van der Waals surface area (Å²) in [6.45, 7) is 3.59. The number of carbonyl (C=O) groups is 2. The summed E-state index contributed by atoms with van der Waals surface area (Å²) >= 11 is 0. The quantitative estimate of drug-likeness (QED) is 0.293. The van der Waals surface area contributed by atoms with E-state index in [0.717, 1.165) is 11.1 Å². The zero-order valence-corrected chi connectivity index (χ0v) is 20.1. The second-order valence-corrected chi connectivity index (χ2v) is 8.90. The lowest BCUT2D eigenvalue weighted by Crippen LogP contribution is -2.53. The predicted octanol–water partition coefficient (Wildman–Crippen LogP) is 5.09. The third-order valence-electron chi connectivity index (χ3n) is 7.07. The molecule has 6 heteroatoms. The zero-order valence-electron chi connectivity index (χ0n) is 20.1. The van der Waals surface area contributed by atoms with Gasteiger partial charge in [-0.3, -0.25) is 9.59 Å². The molecule has 0 aliphatic carbocycles. The van der Waals surface area contributed by atoms with E-state index >= 15 is 0 Å². The normalized spacial score (nSPS) is 18.2. The molecule has 1 aromatic heterocycles. The molecular formula is C29H26N2O4. The highest BCUT2D eigenvalue weighted by Crippen LogP contribution is 2.56. The van der Waals surface area contributed by atoms with Gasteiger partial charge in [-0.05, 0) is 55.3 Å². The molecule has 0 N–H and O–H groups in total. The Labute approximate surface area is 204 Å². The van der Waals surface area contributed by atoms with Crippen LogP contribution in [0.15, 0.2) is 84.9 Å². The Balaban J connectivity index is 1.89. The predicted molar refractivity (Wildman–Crippen MR) is 132 cm³/mol. The van der Waals surface area contributed by atoms with Crippen molar-refractivity contribution in [3.8, 4) is 11.5 Å². The van der Waals surface area contributed by atoms with Crippen LogP contribution in [0.4, 0.5) is 0 Å². The third-order valence-corrected chi connectivity index (χ3v) is 7.07. The molecule has 176 valence electrons. The van der Waals surface area contributed by atoms with Crippen molar-refractivity contribution in [3.05, 3.63) is 113 Å². The van der Waals surface area contributed by atoms with Gasteiger partial charge in [0.05, 0.1) is 19.9 Å². The van der Waals surface area contributed by atoms with Crippen LogP contribution in [0.3, 0.4) is 0 Å². The summed E-state index contributed by atoms with van der Waals surface area (Å²) in [6, 6.07) is 25.7. The van der Waals surface area contributed by atoms with Gasteiger partial charge in [-0.15, -0.1) is 0 Å². The number of carbonyl (C=O) groups excluding carboxylic acids is 2. The molecule has 1 aliphatic rings. The lowest BCUT2D eigenvalue weighted by molar-refractivity contribution is 0.0596. The molecule has 0 bridgehead atoms. The fourth-order valence-electron chi connectivity index (χ4n) is 5.35. The number of methoxy groups -OCH3 is 2. The van der Waals surface area contributed by atoms with Crippen LogP contribution in [-0.4, -0.2) is 35.6 Å². The molecule has 0 saturated carbocycles. The number of ether oxygens (including phenoxy) is 2. The van der Waals surface area contributed by atoms with Gasteiger partial charge in [-0.2, -0.15) is 5.10 Å². The van der Waals surface area contributed by atoms with Gasteiger partial charge in [-0.1, -0.05) is 54.6 Å². The molecule has 5 rings (SSSR count). The van der Waals surface area contributed by atoms with Gasteiger partial charge in [0.2, 0.25) is 0 Å². The largest absolute Gasteiger partial charge is 0.497 e. The van der Waals surface area contributed by atoms with Crippen LogP contribution in [0, 0.1) is 12.3 Å². The molecular weight excluding hydrogens is 440 g/mol. The van der Waals surface area contributed by atoms with Crippen molar-refractivity contribution < 1.29 is 19.1 Å². The Kier molecular flexibility index (Phi) is 5.32. The van der Waals surface area contributed by atoms with Crippen LogP contribution in [0.25, 0.3) is 0 Å². The van der Waals surface area contributed by atoms with E-state index in [1.54, 1.807) is 56.2 Å². The second-order valence-electron chi connectivity index (χ2n) is 8.90. The molecule has 0 radical (unpaired) electrons. The molecule has 0 amide bonds. The standard InChI is InChI=1S/C29H26N2O4/c1-19-18-25-27(33)28(2,26(32)20-8-6-5-7-9-20)29(31(25)30-19,21-10-14-23(34-3)15-11-21)22-12-16-24(35-4)17-13-22/h5-18H,1-4H3. The van der Waals surface area contributed by atoms with Gasteiger partial charge in [0.25, 0.3) is 0 Å². The maximum absolute atomic E-state index is 14.3. The van der Waals surface area contributed by atoms with Gasteiger partial charge in [0, 0.05) is 5.56 Å². The fourth-order valence-corrected chi connectivity index (χ4v) is 5.35. The average molecular weight is 467 g/mol. The number of fused-ring (bicyclic) bond motifs is 1. The van der Waals surface area contributed by atoms with Crippen LogP contribution in [-0.2, 0) is 5.54 Å². The number of hydrogen-bond acceptors (Lipinski definition) is 5. The Morgan fingerprint density at radius 3 is 1.83 bits per heavy atom. The van der Waals surface area contributed by atoms with Crippen molar-refractivity contribution in [2.24, 2.45) is 5.41 Å². The highest BCUT2D eigenvalue weighted by Gasteiger charge is 2.67. The first-order valence-electron chi connectivity index (χ1n) is 11.4. The molecule has 4 aromatic rings. The van der Waals surface area contributed by atoms with E-state index in [4.69, 9.17) is 14.6 Å². The van der Waals surface area contributed by atoms with Crippen LogP contribution in [0.2, 0.25) is 0 Å². The summed E-state index contributed by atoms with van der Waals surface area (Å²) in [4.78, 5) is 28.6. The zero-order chi connectivity index (χ0) is 24.8. The van der Waals surface area contributed by atoms with Crippen molar-refractivity contribution in [2.45, 2.75) is 19.4 Å². The van der Waals surface area contributed by atoms with Crippen molar-refractivity contribution in [1.29, 1.82) is 0 Å². The van der Waals surface area contributed by atoms with Gasteiger partial charge in [0.15, 0.2) is 11.6 Å². The van der Waals surface area contributed by atoms with Crippen LogP contribution in [0.5, 0.6) is 11.5 Å². The van der Waals surface area contributed by atoms with Crippen molar-refractivity contribution in [1.82, 2.24) is 9.78 Å². The number of nitrogens with zero attached hydrogens (tertiary/aromatic N) is 2. The first-order valence-corrected chi connectivity index (χ1v) is 11.4. The molecule has 0 fully saturated rings. The number of rotatable bonds is 6. The maximum atomic E-state index is 14.3. The van der Waals surface area contributed by atoms with Crippen molar-refractivity contribution >= 4 is 11.6 Å². The average Bonchev–Trinajstić information content (AvgIpc) is 3.37. The van der Waals surface area contributed by atoms with E-state index in [0.29, 0.717) is 28.5 Å². The van der Waals surface area contributed by atoms with E-state index in [1.165, 1.54) is 0 Å². The molecule has 2 heterocycles. The van der Waals surface area contributed by atoms with Gasteiger partial charge in [-0.25, -0.2) is 4.68 Å². The first kappa shape index (κ1) is 22.6. The highest BCUT2D eigenvalue weighted by molar-refractivity contribution is 6.22. The lowest BCUT2D eigenvalue weighted by atomic mass is 9.60. The molecule has 1 aliphatic heterocycles. The third kappa shape index (κ3) is 3.06. The van der Waals surface area contributed by atoms with E-state index < -0.39 is 11.0 Å². The SMILES string of the molecule is COc1ccc(C2(c3ccc(OC)cc3)n3nc(C)cc3C(=O)C2(C)C(=O)c2ccccc2)cc1. The summed E-state index contributed by atoms with van der Waals surface area (Å²) in [5, 5.41) is 4.79. The first-order chi connectivity index (χ1) is 16.9. The minimum absolute atomic E-state index is 0.265. The topological polar surface area (TPSA) is 70.4 Å². The smallest absolute Gasteiger partial charge is 0.197 e. The number of ketones is 2. The van der Waals surface area contributed by atoms with E-state index in [-0.39, 0.29) is 11.6 Å². The second kappa shape index (κ2) is 8.24. The number of hydrogen-bond donors (Lipinski definition) is 0. The van der Waals surface area contributed by atoms with Crippen LogP contribution >= 0.6 is 0 Å². The summed E-state index contributed by atoms with van der Waals surface area (Å²) < 4.78 is 12.5. The maximum Gasteiger partial charge on any atom is 0.197 e. The van der Waals surface area contributed by atoms with Gasteiger partial charge < -0.3 is 9.47 Å². The van der Waals surface area contributed by atoms with Gasteiger partial charge >= 0.3 is 0 Å². The highest BCUT2D eigenvalue weighted by atomic mass is 16.5. The van der Waals surface area contributed by atoms with Gasteiger partial charge in [0.1, 0.15) is 28.1 Å². The Bertz CT molecular complexity index is 1360. The van der Waals surface area contributed by atoms with E-state index in [1.807, 2.05) is 61.5 Å². The molecule has 6 nitrogen and oxygen atoms in total. The summed E-state index contributed by atoms with van der Waals surface area (Å²) in [7, 11) is 3.21. The lowest BCUT2D eigenvalue weighted by Gasteiger charge is -2.42. The Hall–Kier alpha value is -4.19. The molecule has 0 spiro atoms. The molecule has 1 unspecified atom stereocenters. The number of aryl methyl sites for hydroxylation is 1.